The van der Waals surface area contributed by atoms with Crippen LogP contribution in [0.15, 0.2) is 77.7 Å². The van der Waals surface area contributed by atoms with E-state index in [2.05, 4.69) is 17.4 Å². The highest BCUT2D eigenvalue weighted by atomic mass is 32.2. The van der Waals surface area contributed by atoms with E-state index in [1.807, 2.05) is 12.1 Å². The van der Waals surface area contributed by atoms with Crippen LogP contribution < -0.4 is 10.1 Å². The molecule has 1 unspecified atom stereocenters. The van der Waals surface area contributed by atoms with Crippen LogP contribution in [0.2, 0.25) is 0 Å². The lowest BCUT2D eigenvalue weighted by molar-refractivity contribution is -0.116. The molecule has 0 aliphatic heterocycles. The molecule has 0 bridgehead atoms. The number of fused-ring (bicyclic) bond motifs is 1. The number of benzene rings is 3. The summed E-state index contributed by atoms with van der Waals surface area (Å²) >= 11 is 0. The minimum absolute atomic E-state index is 0.00161. The number of carbonyl (C=O) groups is 1. The third-order valence-electron chi connectivity index (χ3n) is 5.31. The smallest absolute Gasteiger partial charge is 0.224 e. The van der Waals surface area contributed by atoms with Gasteiger partial charge in [0.15, 0.2) is 9.84 Å². The van der Waals surface area contributed by atoms with Crippen molar-refractivity contribution in [2.24, 2.45) is 0 Å². The number of anilines is 1. The number of amides is 1. The minimum atomic E-state index is -3.23. The Morgan fingerprint density at radius 2 is 1.60 bits per heavy atom. The normalized spacial score (nSPS) is 15.4. The lowest BCUT2D eigenvalue weighted by atomic mass is 9.97. The van der Waals surface area contributed by atoms with Gasteiger partial charge in [0.25, 0.3) is 0 Å². The summed E-state index contributed by atoms with van der Waals surface area (Å²) in [5.74, 6) is 1.42. The fourth-order valence-electron chi connectivity index (χ4n) is 3.79. The maximum Gasteiger partial charge on any atom is 0.224 e. The van der Waals surface area contributed by atoms with Gasteiger partial charge in [0.2, 0.25) is 5.91 Å². The molecule has 0 saturated carbocycles. The van der Waals surface area contributed by atoms with E-state index < -0.39 is 9.84 Å². The Morgan fingerprint density at radius 3 is 2.27 bits per heavy atom. The lowest BCUT2D eigenvalue weighted by Gasteiger charge is -2.12. The second-order valence-electron chi connectivity index (χ2n) is 7.56. The van der Waals surface area contributed by atoms with Crippen molar-refractivity contribution in [3.63, 3.8) is 0 Å². The molecule has 0 saturated heterocycles. The van der Waals surface area contributed by atoms with Gasteiger partial charge in [-0.15, -0.1) is 0 Å². The number of rotatable bonds is 6. The first-order valence-electron chi connectivity index (χ1n) is 9.84. The van der Waals surface area contributed by atoms with Crippen molar-refractivity contribution in [2.45, 2.75) is 30.1 Å². The summed E-state index contributed by atoms with van der Waals surface area (Å²) in [7, 11) is -3.23. The molecule has 0 radical (unpaired) electrons. The van der Waals surface area contributed by atoms with Crippen LogP contribution in [0.25, 0.3) is 0 Å². The van der Waals surface area contributed by atoms with Gasteiger partial charge in [-0.05, 0) is 78.4 Å². The molecule has 3 aromatic rings. The Balaban J connectivity index is 1.34. The highest BCUT2D eigenvalue weighted by molar-refractivity contribution is 7.90. The van der Waals surface area contributed by atoms with E-state index in [9.17, 15) is 13.2 Å². The average molecular weight is 422 g/mol. The van der Waals surface area contributed by atoms with Crippen LogP contribution >= 0.6 is 0 Å². The van der Waals surface area contributed by atoms with Crippen LogP contribution in [0.1, 0.15) is 29.9 Å². The van der Waals surface area contributed by atoms with Gasteiger partial charge in [-0.3, -0.25) is 4.79 Å². The van der Waals surface area contributed by atoms with Crippen LogP contribution in [-0.4, -0.2) is 20.6 Å². The van der Waals surface area contributed by atoms with Gasteiger partial charge < -0.3 is 10.1 Å². The molecule has 0 spiro atoms. The largest absolute Gasteiger partial charge is 0.457 e. The van der Waals surface area contributed by atoms with Crippen LogP contribution in [0.5, 0.6) is 11.5 Å². The van der Waals surface area contributed by atoms with E-state index in [4.69, 9.17) is 4.74 Å². The second kappa shape index (κ2) is 8.32. The van der Waals surface area contributed by atoms with Gasteiger partial charge in [0.1, 0.15) is 11.5 Å². The van der Waals surface area contributed by atoms with Crippen LogP contribution in [0.4, 0.5) is 5.69 Å². The summed E-state index contributed by atoms with van der Waals surface area (Å²) in [6.07, 6.45) is 3.69. The van der Waals surface area contributed by atoms with Crippen molar-refractivity contribution < 1.29 is 17.9 Å². The highest BCUT2D eigenvalue weighted by Gasteiger charge is 2.24. The van der Waals surface area contributed by atoms with Crippen molar-refractivity contribution in [3.05, 3.63) is 83.9 Å². The van der Waals surface area contributed by atoms with E-state index in [0.29, 0.717) is 23.6 Å². The first kappa shape index (κ1) is 20.2. The Hall–Kier alpha value is -3.12. The maximum absolute atomic E-state index is 12.5. The average Bonchev–Trinajstić information content (AvgIpc) is 3.12. The van der Waals surface area contributed by atoms with Crippen LogP contribution in [0, 0.1) is 0 Å². The maximum atomic E-state index is 12.5. The third-order valence-corrected chi connectivity index (χ3v) is 6.44. The van der Waals surface area contributed by atoms with Gasteiger partial charge in [0, 0.05) is 18.4 Å². The van der Waals surface area contributed by atoms with Crippen molar-refractivity contribution in [2.75, 3.05) is 11.6 Å². The van der Waals surface area contributed by atoms with Crippen molar-refractivity contribution >= 4 is 21.4 Å². The number of hydrogen-bond donors (Lipinski definition) is 1. The molecule has 6 heteroatoms. The standard InChI is InChI=1S/C24H23NO4S/c1-30(27,28)22-14-12-21(13-15-22)29-20-10-8-19(9-11-20)25-24(26)16-18-7-6-17-4-2-3-5-23(17)18/h2-5,8-15,18H,6-7,16H2,1H3,(H,25,26). The zero-order chi connectivity index (χ0) is 21.1. The van der Waals surface area contributed by atoms with Gasteiger partial charge >= 0.3 is 0 Å². The number of carbonyl (C=O) groups excluding carboxylic acids is 1. The molecular formula is C24H23NO4S. The third kappa shape index (κ3) is 4.71. The quantitative estimate of drug-likeness (QED) is 0.612. The Kier molecular flexibility index (Phi) is 5.59. The number of aryl methyl sites for hydroxylation is 1. The van der Waals surface area contributed by atoms with Crippen molar-refractivity contribution in [1.82, 2.24) is 0 Å². The first-order chi connectivity index (χ1) is 14.4. The van der Waals surface area contributed by atoms with Gasteiger partial charge in [-0.2, -0.15) is 0 Å². The molecule has 154 valence electrons. The highest BCUT2D eigenvalue weighted by Crippen LogP contribution is 2.35. The summed E-state index contributed by atoms with van der Waals surface area (Å²) in [6.45, 7) is 0. The summed E-state index contributed by atoms with van der Waals surface area (Å²) in [5, 5.41) is 2.95. The molecule has 5 nitrogen and oxygen atoms in total. The molecule has 30 heavy (non-hydrogen) atoms. The molecule has 1 N–H and O–H groups in total. The molecule has 0 aromatic heterocycles. The molecule has 0 heterocycles. The van der Waals surface area contributed by atoms with Gasteiger partial charge in [-0.1, -0.05) is 24.3 Å². The topological polar surface area (TPSA) is 72.5 Å². The van der Waals surface area contributed by atoms with E-state index in [1.54, 1.807) is 36.4 Å². The summed E-state index contributed by atoms with van der Waals surface area (Å²) in [5.41, 5.74) is 3.35. The Labute approximate surface area is 176 Å². The first-order valence-corrected chi connectivity index (χ1v) is 11.7. The van der Waals surface area contributed by atoms with E-state index >= 15 is 0 Å². The predicted molar refractivity (Wildman–Crippen MR) is 117 cm³/mol. The monoisotopic (exact) mass is 421 g/mol. The fourth-order valence-corrected chi connectivity index (χ4v) is 4.42. The van der Waals surface area contributed by atoms with Gasteiger partial charge in [0.05, 0.1) is 4.90 Å². The molecular weight excluding hydrogens is 398 g/mol. The SMILES string of the molecule is CS(=O)(=O)c1ccc(Oc2ccc(NC(=O)CC3CCc4ccccc43)cc2)cc1. The molecule has 0 fully saturated rings. The van der Waals surface area contributed by atoms with Gasteiger partial charge in [-0.25, -0.2) is 8.42 Å². The minimum Gasteiger partial charge on any atom is -0.457 e. The molecule has 1 atom stereocenters. The zero-order valence-corrected chi connectivity index (χ0v) is 17.5. The Bertz CT molecular complexity index is 1150. The van der Waals surface area contributed by atoms with E-state index in [-0.39, 0.29) is 16.7 Å². The van der Waals surface area contributed by atoms with Crippen molar-refractivity contribution in [1.29, 1.82) is 0 Å². The van der Waals surface area contributed by atoms with E-state index in [1.165, 1.54) is 29.5 Å². The van der Waals surface area contributed by atoms with Crippen molar-refractivity contribution in [3.8, 4) is 11.5 Å². The summed E-state index contributed by atoms with van der Waals surface area (Å²) < 4.78 is 28.8. The second-order valence-corrected chi connectivity index (χ2v) is 9.57. The molecule has 1 amide bonds. The predicted octanol–water partition coefficient (Wildman–Crippen LogP) is 4.94. The van der Waals surface area contributed by atoms with Crippen LogP contribution in [0.3, 0.4) is 0 Å². The Morgan fingerprint density at radius 1 is 0.967 bits per heavy atom. The number of nitrogens with one attached hydrogen (secondary N) is 1. The summed E-state index contributed by atoms with van der Waals surface area (Å²) in [6, 6.07) is 21.7. The molecule has 3 aromatic carbocycles. The number of sulfone groups is 1. The molecule has 1 aliphatic carbocycles. The van der Waals surface area contributed by atoms with E-state index in [0.717, 1.165) is 12.8 Å². The lowest BCUT2D eigenvalue weighted by Crippen LogP contribution is -2.14. The molecule has 1 aliphatic rings. The summed E-state index contributed by atoms with van der Waals surface area (Å²) in [4.78, 5) is 12.7. The van der Waals surface area contributed by atoms with Crippen LogP contribution in [-0.2, 0) is 21.1 Å². The fraction of sp³-hybridized carbons (Fsp3) is 0.208. The number of hydrogen-bond acceptors (Lipinski definition) is 4. The number of ether oxygens (including phenoxy) is 1. The molecule has 4 rings (SSSR count). The zero-order valence-electron chi connectivity index (χ0n) is 16.7.